The van der Waals surface area contributed by atoms with Crippen LogP contribution in [0.15, 0.2) is 53.9 Å². The lowest BCUT2D eigenvalue weighted by Crippen LogP contribution is -2.10. The van der Waals surface area contributed by atoms with Gasteiger partial charge in [0.25, 0.3) is 0 Å². The van der Waals surface area contributed by atoms with E-state index in [0.717, 1.165) is 51.6 Å². The zero-order chi connectivity index (χ0) is 21.0. The van der Waals surface area contributed by atoms with Crippen molar-refractivity contribution >= 4 is 22.2 Å². The molecule has 6 nitrogen and oxygen atoms in total. The van der Waals surface area contributed by atoms with Crippen LogP contribution in [0, 0.1) is 0 Å². The molecule has 0 amide bonds. The zero-order valence-electron chi connectivity index (χ0n) is 17.5. The van der Waals surface area contributed by atoms with Crippen molar-refractivity contribution in [1.29, 1.82) is 0 Å². The molecule has 2 aromatic heterocycles. The zero-order valence-corrected chi connectivity index (χ0v) is 18.3. The third-order valence-corrected chi connectivity index (χ3v) is 6.30. The highest BCUT2D eigenvalue weighted by Crippen LogP contribution is 2.34. The van der Waals surface area contributed by atoms with Crippen molar-refractivity contribution in [1.82, 2.24) is 14.8 Å². The quantitative estimate of drug-likeness (QED) is 0.195. The molecule has 31 heavy (non-hydrogen) atoms. The topological polar surface area (TPSA) is 58.4 Å². The molecular formula is C24H25N3O3S. The van der Waals surface area contributed by atoms with Crippen LogP contribution >= 0.6 is 11.3 Å². The predicted octanol–water partition coefficient (Wildman–Crippen LogP) is 5.94. The van der Waals surface area contributed by atoms with Gasteiger partial charge in [0.05, 0.1) is 23.9 Å². The van der Waals surface area contributed by atoms with Crippen LogP contribution in [0.4, 0.5) is 0 Å². The molecule has 0 aliphatic heterocycles. The number of thiazole rings is 1. The first-order valence-electron chi connectivity index (χ1n) is 10.8. The number of fused-ring (bicyclic) bond motifs is 1. The number of rotatable bonds is 8. The number of hydrogen-bond acceptors (Lipinski definition) is 6. The normalized spacial score (nSPS) is 14.5. The van der Waals surface area contributed by atoms with Crippen LogP contribution in [-0.2, 0) is 16.4 Å². The van der Waals surface area contributed by atoms with E-state index in [0.29, 0.717) is 19.3 Å². The monoisotopic (exact) mass is 435 g/mol. The molecule has 0 saturated heterocycles. The van der Waals surface area contributed by atoms with Gasteiger partial charge in [0.15, 0.2) is 0 Å². The lowest BCUT2D eigenvalue weighted by atomic mass is 10.1. The summed E-state index contributed by atoms with van der Waals surface area (Å²) >= 11 is 1.54. The van der Waals surface area contributed by atoms with Gasteiger partial charge >= 0.3 is 0 Å². The lowest BCUT2D eigenvalue weighted by molar-refractivity contribution is -0.301. The summed E-state index contributed by atoms with van der Waals surface area (Å²) in [6, 6.07) is 16.5. The van der Waals surface area contributed by atoms with Crippen molar-refractivity contribution in [2.45, 2.75) is 45.3 Å². The molecule has 7 heteroatoms. The minimum atomic E-state index is 0.310. The van der Waals surface area contributed by atoms with Gasteiger partial charge in [0.2, 0.25) is 5.13 Å². The molecule has 1 aliphatic rings. The average Bonchev–Trinajstić information content (AvgIpc) is 3.54. The average molecular weight is 436 g/mol. The van der Waals surface area contributed by atoms with Crippen LogP contribution in [-0.4, -0.2) is 27.5 Å². The second-order valence-corrected chi connectivity index (χ2v) is 8.46. The molecule has 1 fully saturated rings. The highest BCUT2D eigenvalue weighted by molar-refractivity contribution is 7.12. The first kappa shape index (κ1) is 20.2. The molecule has 5 rings (SSSR count). The number of aromatic nitrogens is 3. The molecule has 4 aromatic rings. The minimum Gasteiger partial charge on any atom is -0.490 e. The van der Waals surface area contributed by atoms with E-state index >= 15 is 0 Å². The van der Waals surface area contributed by atoms with Crippen LogP contribution in [0.5, 0.6) is 5.75 Å². The van der Waals surface area contributed by atoms with E-state index in [9.17, 15) is 0 Å². The molecule has 0 bridgehead atoms. The van der Waals surface area contributed by atoms with Crippen LogP contribution in [0.2, 0.25) is 0 Å². The van der Waals surface area contributed by atoms with Crippen molar-refractivity contribution in [2.24, 2.45) is 0 Å². The van der Waals surface area contributed by atoms with Crippen LogP contribution in [0.1, 0.15) is 38.3 Å². The van der Waals surface area contributed by atoms with E-state index in [-0.39, 0.29) is 0 Å². The highest BCUT2D eigenvalue weighted by atomic mass is 32.1. The van der Waals surface area contributed by atoms with Crippen molar-refractivity contribution in [3.05, 3.63) is 59.6 Å². The SMILES string of the molecule is CCOOCc1csc(-n2nc(-c3ccccc3)c3ccc(OC4CCCC4)cc32)n1. The summed E-state index contributed by atoms with van der Waals surface area (Å²) in [7, 11) is 0. The van der Waals surface area contributed by atoms with Gasteiger partial charge in [0, 0.05) is 22.4 Å². The number of ether oxygens (including phenoxy) is 1. The second-order valence-electron chi connectivity index (χ2n) is 7.62. The summed E-state index contributed by atoms with van der Waals surface area (Å²) < 4.78 is 8.18. The third-order valence-electron chi connectivity index (χ3n) is 5.43. The Hall–Kier alpha value is -2.74. The first-order valence-corrected chi connectivity index (χ1v) is 11.6. The van der Waals surface area contributed by atoms with E-state index in [1.807, 2.05) is 35.2 Å². The largest absolute Gasteiger partial charge is 0.490 e. The summed E-state index contributed by atoms with van der Waals surface area (Å²) in [5, 5.41) is 8.79. The van der Waals surface area contributed by atoms with E-state index < -0.39 is 0 Å². The van der Waals surface area contributed by atoms with E-state index in [1.165, 1.54) is 24.2 Å². The maximum atomic E-state index is 6.27. The molecule has 0 radical (unpaired) electrons. The van der Waals surface area contributed by atoms with Gasteiger partial charge in [-0.15, -0.1) is 11.3 Å². The van der Waals surface area contributed by atoms with E-state index in [2.05, 4.69) is 30.3 Å². The Bertz CT molecular complexity index is 1150. The summed E-state index contributed by atoms with van der Waals surface area (Å²) in [5.41, 5.74) is 3.82. The van der Waals surface area contributed by atoms with Gasteiger partial charge in [-0.1, -0.05) is 30.3 Å². The highest BCUT2D eigenvalue weighted by Gasteiger charge is 2.20. The summed E-state index contributed by atoms with van der Waals surface area (Å²) in [6.07, 6.45) is 5.05. The Morgan fingerprint density at radius 1 is 1.06 bits per heavy atom. The van der Waals surface area contributed by atoms with Gasteiger partial charge in [-0.2, -0.15) is 5.10 Å². The Morgan fingerprint density at radius 3 is 2.71 bits per heavy atom. The van der Waals surface area contributed by atoms with Crippen molar-refractivity contribution in [2.75, 3.05) is 6.61 Å². The Balaban J connectivity index is 1.55. The molecule has 2 aromatic carbocycles. The smallest absolute Gasteiger partial charge is 0.211 e. The molecular weight excluding hydrogens is 410 g/mol. The van der Waals surface area contributed by atoms with E-state index in [4.69, 9.17) is 24.6 Å². The second kappa shape index (κ2) is 9.18. The first-order chi connectivity index (χ1) is 15.3. The molecule has 0 N–H and O–H groups in total. The summed E-state index contributed by atoms with van der Waals surface area (Å²) in [6.45, 7) is 2.70. The fraction of sp³-hybridized carbons (Fsp3) is 0.333. The maximum Gasteiger partial charge on any atom is 0.211 e. The Kier molecular flexibility index (Phi) is 5.97. The Labute approximate surface area is 185 Å². The fourth-order valence-electron chi connectivity index (χ4n) is 3.97. The summed E-state index contributed by atoms with van der Waals surface area (Å²) in [4.78, 5) is 14.9. The van der Waals surface area contributed by atoms with Gasteiger partial charge in [-0.25, -0.2) is 19.4 Å². The molecule has 0 atom stereocenters. The fourth-order valence-corrected chi connectivity index (χ4v) is 4.74. The number of benzene rings is 2. The lowest BCUT2D eigenvalue weighted by Gasteiger charge is -2.13. The maximum absolute atomic E-state index is 6.27. The molecule has 160 valence electrons. The van der Waals surface area contributed by atoms with Crippen LogP contribution in [0.3, 0.4) is 0 Å². The molecule has 0 unspecified atom stereocenters. The van der Waals surface area contributed by atoms with E-state index in [1.54, 1.807) is 0 Å². The third kappa shape index (κ3) is 4.35. The standard InChI is InChI=1S/C24H25N3O3S/c1-2-28-29-15-18-16-31-24(25-18)27-22-14-20(30-19-10-6-7-11-19)12-13-21(22)23(26-27)17-8-4-3-5-9-17/h3-5,8-9,12-14,16,19H,2,6-7,10-11,15H2,1H3. The summed E-state index contributed by atoms with van der Waals surface area (Å²) in [5.74, 6) is 0.886. The van der Waals surface area contributed by atoms with Crippen molar-refractivity contribution < 1.29 is 14.5 Å². The van der Waals surface area contributed by atoms with Gasteiger partial charge < -0.3 is 4.74 Å². The molecule has 2 heterocycles. The number of nitrogens with zero attached hydrogens (tertiary/aromatic N) is 3. The van der Waals surface area contributed by atoms with Gasteiger partial charge in [0.1, 0.15) is 18.1 Å². The van der Waals surface area contributed by atoms with Crippen LogP contribution in [0.25, 0.3) is 27.3 Å². The van der Waals surface area contributed by atoms with Gasteiger partial charge in [-0.3, -0.25) is 0 Å². The molecule has 1 aliphatic carbocycles. The Morgan fingerprint density at radius 2 is 1.90 bits per heavy atom. The van der Waals surface area contributed by atoms with Crippen LogP contribution < -0.4 is 4.74 Å². The van der Waals surface area contributed by atoms with Crippen molar-refractivity contribution in [3.8, 4) is 22.1 Å². The van der Waals surface area contributed by atoms with Gasteiger partial charge in [-0.05, 0) is 44.7 Å². The number of hydrogen-bond donors (Lipinski definition) is 0. The predicted molar refractivity (Wildman–Crippen MR) is 121 cm³/mol. The minimum absolute atomic E-state index is 0.310. The molecule has 1 saturated carbocycles. The van der Waals surface area contributed by atoms with Crippen molar-refractivity contribution in [3.63, 3.8) is 0 Å². The molecule has 0 spiro atoms.